The third-order valence-corrected chi connectivity index (χ3v) is 5.60. The highest BCUT2D eigenvalue weighted by molar-refractivity contribution is 5.99. The van der Waals surface area contributed by atoms with Crippen molar-refractivity contribution in [3.8, 4) is 11.1 Å². The second-order valence-electron chi connectivity index (χ2n) is 10.6. The molecule has 7 heteroatoms. The highest BCUT2D eigenvalue weighted by Crippen LogP contribution is 2.33. The molecule has 0 saturated heterocycles. The van der Waals surface area contributed by atoms with Crippen LogP contribution in [0.5, 0.6) is 0 Å². The van der Waals surface area contributed by atoms with Gasteiger partial charge < -0.3 is 14.8 Å². The van der Waals surface area contributed by atoms with Gasteiger partial charge in [0.2, 0.25) is 0 Å². The summed E-state index contributed by atoms with van der Waals surface area (Å²) >= 11 is 0. The lowest BCUT2D eigenvalue weighted by atomic mass is 9.89. The maximum atomic E-state index is 13.5. The molecule has 196 valence electrons. The maximum Gasteiger partial charge on any atom is 0.407 e. The molecule has 1 amide bonds. The van der Waals surface area contributed by atoms with Crippen molar-refractivity contribution in [2.75, 3.05) is 0 Å². The summed E-state index contributed by atoms with van der Waals surface area (Å²) in [5, 5.41) is 2.87. The molecule has 0 radical (unpaired) electrons. The van der Waals surface area contributed by atoms with Crippen LogP contribution >= 0.6 is 0 Å². The Morgan fingerprint density at radius 2 is 1.73 bits per heavy atom. The van der Waals surface area contributed by atoms with Gasteiger partial charge in [-0.1, -0.05) is 49.7 Å². The number of benzene rings is 1. The van der Waals surface area contributed by atoms with Gasteiger partial charge in [-0.2, -0.15) is 0 Å². The van der Waals surface area contributed by atoms with Crippen LogP contribution in [0.15, 0.2) is 48.7 Å². The van der Waals surface area contributed by atoms with Crippen LogP contribution < -0.4 is 5.32 Å². The zero-order chi connectivity index (χ0) is 27.2. The highest BCUT2D eigenvalue weighted by Gasteiger charge is 2.26. The highest BCUT2D eigenvalue weighted by atomic mass is 16.6. The van der Waals surface area contributed by atoms with E-state index in [1.54, 1.807) is 12.3 Å². The minimum Gasteiger partial charge on any atom is -0.456 e. The summed E-state index contributed by atoms with van der Waals surface area (Å²) in [7, 11) is 0. The van der Waals surface area contributed by atoms with Crippen molar-refractivity contribution in [3.05, 3.63) is 82.4 Å². The molecule has 1 N–H and O–H groups in total. The van der Waals surface area contributed by atoms with Crippen LogP contribution in [0.4, 0.5) is 4.79 Å². The van der Waals surface area contributed by atoms with Gasteiger partial charge in [0.05, 0.1) is 17.0 Å². The average molecular weight is 504 g/mol. The number of nitrogens with one attached hydrogen (secondary N) is 1. The van der Waals surface area contributed by atoms with E-state index in [0.29, 0.717) is 34.9 Å². The van der Waals surface area contributed by atoms with Crippen LogP contribution in [-0.4, -0.2) is 27.6 Å². The molecule has 2 aromatic heterocycles. The molecular formula is C30H37N3O4. The van der Waals surface area contributed by atoms with E-state index in [1.807, 2.05) is 71.0 Å². The largest absolute Gasteiger partial charge is 0.456 e. The molecule has 0 aliphatic rings. The fourth-order valence-corrected chi connectivity index (χ4v) is 4.01. The van der Waals surface area contributed by atoms with E-state index in [2.05, 4.69) is 24.1 Å². The van der Waals surface area contributed by atoms with E-state index in [0.717, 1.165) is 22.4 Å². The Bertz CT molecular complexity index is 1230. The standard InChI is InChI=1S/C30H37N3O4/c1-19(2)16-25-24(17-32-29(35)37-30(5,6)7)27(22-13-11-20(3)12-14-22)26(21(4)33-25)28(34)36-18-23-10-8-9-15-31-23/h8-15,19H,16-18H2,1-7H3,(H,32,35). The van der Waals surface area contributed by atoms with Crippen molar-refractivity contribution in [2.24, 2.45) is 5.92 Å². The number of ether oxygens (including phenoxy) is 2. The Labute approximate surface area is 219 Å². The average Bonchev–Trinajstić information content (AvgIpc) is 2.81. The van der Waals surface area contributed by atoms with Gasteiger partial charge in [-0.15, -0.1) is 0 Å². The van der Waals surface area contributed by atoms with Gasteiger partial charge in [0.25, 0.3) is 0 Å². The molecule has 0 unspecified atom stereocenters. The monoisotopic (exact) mass is 503 g/mol. The molecule has 1 aromatic carbocycles. The quantitative estimate of drug-likeness (QED) is 0.361. The molecule has 0 aliphatic carbocycles. The van der Waals surface area contributed by atoms with E-state index in [-0.39, 0.29) is 13.2 Å². The molecule has 0 spiro atoms. The van der Waals surface area contributed by atoms with E-state index < -0.39 is 17.7 Å². The summed E-state index contributed by atoms with van der Waals surface area (Å²) in [4.78, 5) is 35.1. The number of hydrogen-bond acceptors (Lipinski definition) is 6. The molecule has 7 nitrogen and oxygen atoms in total. The van der Waals surface area contributed by atoms with E-state index in [1.165, 1.54) is 0 Å². The number of aryl methyl sites for hydroxylation is 2. The Balaban J connectivity index is 2.11. The number of rotatable bonds is 8. The third kappa shape index (κ3) is 7.87. The topological polar surface area (TPSA) is 90.4 Å². The number of aromatic nitrogens is 2. The lowest BCUT2D eigenvalue weighted by Gasteiger charge is -2.23. The number of carbonyl (C=O) groups excluding carboxylic acids is 2. The SMILES string of the molecule is Cc1ccc(-c2c(CNC(=O)OC(C)(C)C)c(CC(C)C)nc(C)c2C(=O)OCc2ccccn2)cc1. The lowest BCUT2D eigenvalue weighted by molar-refractivity contribution is 0.0466. The van der Waals surface area contributed by atoms with Crippen molar-refractivity contribution < 1.29 is 19.1 Å². The minimum atomic E-state index is -0.628. The van der Waals surface area contributed by atoms with E-state index >= 15 is 0 Å². The van der Waals surface area contributed by atoms with Gasteiger partial charge >= 0.3 is 12.1 Å². The normalized spacial score (nSPS) is 11.4. The summed E-state index contributed by atoms with van der Waals surface area (Å²) in [6.07, 6.45) is 1.82. The Morgan fingerprint density at radius 1 is 1.03 bits per heavy atom. The van der Waals surface area contributed by atoms with Gasteiger partial charge in [-0.05, 0) is 64.7 Å². The number of nitrogens with zero attached hydrogens (tertiary/aromatic N) is 2. The number of hydrogen-bond donors (Lipinski definition) is 1. The zero-order valence-corrected chi connectivity index (χ0v) is 22.8. The molecule has 2 heterocycles. The Kier molecular flexibility index (Phi) is 9.03. The number of alkyl carbamates (subject to hydrolysis) is 1. The number of esters is 1. The first kappa shape index (κ1) is 27.8. The van der Waals surface area contributed by atoms with Crippen molar-refractivity contribution in [1.82, 2.24) is 15.3 Å². The van der Waals surface area contributed by atoms with Crippen LogP contribution in [0, 0.1) is 19.8 Å². The molecule has 0 fully saturated rings. The minimum absolute atomic E-state index is 0.0473. The predicted molar refractivity (Wildman–Crippen MR) is 144 cm³/mol. The predicted octanol–water partition coefficient (Wildman–Crippen LogP) is 6.34. The van der Waals surface area contributed by atoms with Crippen LogP contribution in [0.1, 0.15) is 73.2 Å². The Morgan fingerprint density at radius 3 is 2.32 bits per heavy atom. The van der Waals surface area contributed by atoms with Gasteiger partial charge in [0.15, 0.2) is 0 Å². The summed E-state index contributed by atoms with van der Waals surface area (Å²) in [6.45, 7) is 13.7. The summed E-state index contributed by atoms with van der Waals surface area (Å²) in [5.74, 6) is -0.166. The molecule has 0 saturated carbocycles. The van der Waals surface area contributed by atoms with E-state index in [9.17, 15) is 9.59 Å². The van der Waals surface area contributed by atoms with Crippen LogP contribution in [0.25, 0.3) is 11.1 Å². The van der Waals surface area contributed by atoms with Gasteiger partial charge in [0.1, 0.15) is 12.2 Å². The number of amides is 1. The van der Waals surface area contributed by atoms with Crippen molar-refractivity contribution in [2.45, 2.75) is 73.6 Å². The van der Waals surface area contributed by atoms with Crippen molar-refractivity contribution in [3.63, 3.8) is 0 Å². The maximum absolute atomic E-state index is 13.5. The molecule has 0 bridgehead atoms. The van der Waals surface area contributed by atoms with E-state index in [4.69, 9.17) is 14.5 Å². The Hall–Kier alpha value is -3.74. The first-order chi connectivity index (χ1) is 17.4. The molecule has 3 rings (SSSR count). The molecule has 3 aromatic rings. The van der Waals surface area contributed by atoms with Crippen LogP contribution in [0.2, 0.25) is 0 Å². The molecule has 0 aliphatic heterocycles. The van der Waals surface area contributed by atoms with Gasteiger partial charge in [-0.25, -0.2) is 9.59 Å². The van der Waals surface area contributed by atoms with Gasteiger partial charge in [0, 0.05) is 29.6 Å². The second kappa shape index (κ2) is 12.0. The first-order valence-electron chi connectivity index (χ1n) is 12.6. The number of carbonyl (C=O) groups is 2. The zero-order valence-electron chi connectivity index (χ0n) is 22.8. The molecule has 37 heavy (non-hydrogen) atoms. The van der Waals surface area contributed by atoms with Gasteiger partial charge in [-0.3, -0.25) is 9.97 Å². The lowest BCUT2D eigenvalue weighted by Crippen LogP contribution is -2.32. The molecule has 0 atom stereocenters. The van der Waals surface area contributed by atoms with Crippen LogP contribution in [-0.2, 0) is 29.0 Å². The van der Waals surface area contributed by atoms with Crippen molar-refractivity contribution >= 4 is 12.1 Å². The summed E-state index contributed by atoms with van der Waals surface area (Å²) < 4.78 is 11.2. The fraction of sp³-hybridized carbons (Fsp3) is 0.400. The molecular weight excluding hydrogens is 466 g/mol. The number of pyridine rings is 2. The third-order valence-electron chi connectivity index (χ3n) is 5.60. The smallest absolute Gasteiger partial charge is 0.407 e. The first-order valence-corrected chi connectivity index (χ1v) is 12.6. The second-order valence-corrected chi connectivity index (χ2v) is 10.6. The summed E-state index contributed by atoms with van der Waals surface area (Å²) in [6, 6.07) is 13.4. The fourth-order valence-electron chi connectivity index (χ4n) is 4.01. The van der Waals surface area contributed by atoms with Crippen molar-refractivity contribution in [1.29, 1.82) is 0 Å². The van der Waals surface area contributed by atoms with Crippen LogP contribution in [0.3, 0.4) is 0 Å². The summed E-state index contributed by atoms with van der Waals surface area (Å²) in [5.41, 5.74) is 5.27.